The van der Waals surface area contributed by atoms with Crippen LogP contribution in [0.4, 0.5) is 0 Å². The number of thiophene rings is 1. The molecule has 0 N–H and O–H groups in total. The lowest BCUT2D eigenvalue weighted by molar-refractivity contribution is -0.144. The van der Waals surface area contributed by atoms with Crippen molar-refractivity contribution in [3.05, 3.63) is 52.5 Å². The lowest BCUT2D eigenvalue weighted by atomic mass is 10.1. The number of nitrogens with zero attached hydrogens (tertiary/aromatic N) is 2. The molecule has 0 atom stereocenters. The lowest BCUT2D eigenvalue weighted by Crippen LogP contribution is -2.09. The highest BCUT2D eigenvalue weighted by atomic mass is 32.1. The van der Waals surface area contributed by atoms with Gasteiger partial charge in [-0.1, -0.05) is 23.4 Å². The number of carbonyl (C=O) groups excluding carboxylic acids is 1. The third-order valence-electron chi connectivity index (χ3n) is 3.13. The molecule has 3 aromatic rings. The lowest BCUT2D eigenvalue weighted by Gasteiger charge is -2.07. The van der Waals surface area contributed by atoms with Crippen molar-refractivity contribution < 1.29 is 18.8 Å². The minimum Gasteiger partial charge on any atom is -0.496 e. The van der Waals surface area contributed by atoms with Crippen LogP contribution >= 0.6 is 11.3 Å². The first kappa shape index (κ1) is 15.2. The second-order valence-electron chi connectivity index (χ2n) is 4.67. The number of hydrogen-bond acceptors (Lipinski definition) is 7. The molecular weight excluding hydrogens is 316 g/mol. The van der Waals surface area contributed by atoms with E-state index in [0.29, 0.717) is 11.6 Å². The van der Waals surface area contributed by atoms with Gasteiger partial charge in [-0.05, 0) is 17.5 Å². The molecule has 0 aliphatic heterocycles. The fraction of sp³-hybridized carbons (Fsp3) is 0.188. The second-order valence-corrected chi connectivity index (χ2v) is 5.45. The summed E-state index contributed by atoms with van der Waals surface area (Å²) in [5.74, 6) is 1.02. The van der Waals surface area contributed by atoms with E-state index < -0.39 is 0 Å². The number of aromatic nitrogens is 2. The summed E-state index contributed by atoms with van der Waals surface area (Å²) in [4.78, 5) is 16.1. The van der Waals surface area contributed by atoms with E-state index >= 15 is 0 Å². The first-order valence-corrected chi connectivity index (χ1v) is 7.83. The van der Waals surface area contributed by atoms with Gasteiger partial charge in [0.2, 0.25) is 5.82 Å². The molecule has 0 saturated carbocycles. The third-order valence-corrected chi connectivity index (χ3v) is 3.81. The quantitative estimate of drug-likeness (QED) is 0.647. The fourth-order valence-electron chi connectivity index (χ4n) is 2.02. The van der Waals surface area contributed by atoms with Gasteiger partial charge in [0.25, 0.3) is 5.89 Å². The van der Waals surface area contributed by atoms with Crippen LogP contribution in [0.3, 0.4) is 0 Å². The molecule has 23 heavy (non-hydrogen) atoms. The van der Waals surface area contributed by atoms with E-state index in [2.05, 4.69) is 10.1 Å². The van der Waals surface area contributed by atoms with Crippen LogP contribution in [0.2, 0.25) is 0 Å². The van der Waals surface area contributed by atoms with E-state index in [1.54, 1.807) is 24.5 Å². The largest absolute Gasteiger partial charge is 0.496 e. The van der Waals surface area contributed by atoms with E-state index in [1.165, 1.54) is 0 Å². The Bertz CT molecular complexity index is 783. The molecule has 2 aromatic heterocycles. The van der Waals surface area contributed by atoms with Crippen LogP contribution in [0.15, 0.2) is 45.6 Å². The first-order valence-electron chi connectivity index (χ1n) is 6.89. The van der Waals surface area contributed by atoms with Crippen LogP contribution in [0.25, 0.3) is 11.4 Å². The summed E-state index contributed by atoms with van der Waals surface area (Å²) >= 11 is 1.55. The van der Waals surface area contributed by atoms with E-state index in [1.807, 2.05) is 35.0 Å². The van der Waals surface area contributed by atoms with Gasteiger partial charge < -0.3 is 14.0 Å². The molecular formula is C16H14N2O4S. The van der Waals surface area contributed by atoms with Gasteiger partial charge in [0.1, 0.15) is 5.75 Å². The van der Waals surface area contributed by atoms with Crippen LogP contribution in [-0.2, 0) is 22.6 Å². The summed E-state index contributed by atoms with van der Waals surface area (Å²) in [7, 11) is 1.56. The molecule has 0 aliphatic carbocycles. The van der Waals surface area contributed by atoms with Crippen molar-refractivity contribution in [2.75, 3.05) is 7.11 Å². The minimum atomic E-state index is -0.384. The number of carbonyl (C=O) groups is 1. The highest BCUT2D eigenvalue weighted by molar-refractivity contribution is 7.08. The molecule has 0 saturated heterocycles. The van der Waals surface area contributed by atoms with Crippen molar-refractivity contribution in [3.63, 3.8) is 0 Å². The van der Waals surface area contributed by atoms with Crippen LogP contribution < -0.4 is 4.74 Å². The highest BCUT2D eigenvalue weighted by Crippen LogP contribution is 2.20. The topological polar surface area (TPSA) is 74.5 Å². The number of rotatable bonds is 6. The van der Waals surface area contributed by atoms with E-state index in [9.17, 15) is 4.79 Å². The van der Waals surface area contributed by atoms with Crippen molar-refractivity contribution >= 4 is 17.3 Å². The SMILES string of the molecule is COc1ccccc1CC(=O)OCc1nc(-c2ccsc2)no1. The van der Waals surface area contributed by atoms with Crippen LogP contribution in [0.1, 0.15) is 11.5 Å². The number of benzene rings is 1. The number of methoxy groups -OCH3 is 1. The number of ether oxygens (including phenoxy) is 2. The van der Waals surface area contributed by atoms with Crippen molar-refractivity contribution in [1.29, 1.82) is 0 Å². The summed E-state index contributed by atoms with van der Waals surface area (Å²) < 4.78 is 15.5. The summed E-state index contributed by atoms with van der Waals surface area (Å²) in [5.41, 5.74) is 1.65. The highest BCUT2D eigenvalue weighted by Gasteiger charge is 2.13. The zero-order chi connectivity index (χ0) is 16.1. The standard InChI is InChI=1S/C16H14N2O4S/c1-20-13-5-3-2-4-11(13)8-15(19)21-9-14-17-16(18-22-14)12-6-7-23-10-12/h2-7,10H,8-9H2,1H3. The number of para-hydroxylation sites is 1. The van der Waals surface area contributed by atoms with Gasteiger partial charge in [0.15, 0.2) is 6.61 Å². The van der Waals surface area contributed by atoms with Gasteiger partial charge in [-0.25, -0.2) is 0 Å². The Morgan fingerprint density at radius 2 is 2.17 bits per heavy atom. The molecule has 0 amide bonds. The van der Waals surface area contributed by atoms with Gasteiger partial charge in [-0.3, -0.25) is 4.79 Å². The molecule has 118 valence electrons. The van der Waals surface area contributed by atoms with Gasteiger partial charge in [0, 0.05) is 16.5 Å². The molecule has 0 unspecified atom stereocenters. The van der Waals surface area contributed by atoms with E-state index in [0.717, 1.165) is 11.1 Å². The maximum absolute atomic E-state index is 11.9. The average molecular weight is 330 g/mol. The Kier molecular flexibility index (Phi) is 4.68. The Hall–Kier alpha value is -2.67. The zero-order valence-electron chi connectivity index (χ0n) is 12.4. The van der Waals surface area contributed by atoms with Gasteiger partial charge in [-0.15, -0.1) is 0 Å². The Morgan fingerprint density at radius 3 is 2.96 bits per heavy atom. The fourth-order valence-corrected chi connectivity index (χ4v) is 2.65. The van der Waals surface area contributed by atoms with Crippen molar-refractivity contribution in [1.82, 2.24) is 10.1 Å². The normalized spacial score (nSPS) is 10.5. The van der Waals surface area contributed by atoms with Crippen molar-refractivity contribution in [2.24, 2.45) is 0 Å². The molecule has 2 heterocycles. The van der Waals surface area contributed by atoms with Gasteiger partial charge >= 0.3 is 5.97 Å². The minimum absolute atomic E-state index is 0.0505. The van der Waals surface area contributed by atoms with Crippen LogP contribution in [0, 0.1) is 0 Å². The molecule has 0 bridgehead atoms. The first-order chi connectivity index (χ1) is 11.3. The summed E-state index contributed by atoms with van der Waals surface area (Å²) in [6.07, 6.45) is 0.121. The summed E-state index contributed by atoms with van der Waals surface area (Å²) in [6.45, 7) is -0.0505. The molecule has 0 radical (unpaired) electrons. The molecule has 0 spiro atoms. The summed E-state index contributed by atoms with van der Waals surface area (Å²) in [6, 6.07) is 9.20. The monoisotopic (exact) mass is 330 g/mol. The van der Waals surface area contributed by atoms with Crippen molar-refractivity contribution in [3.8, 4) is 17.1 Å². The number of esters is 1. The van der Waals surface area contributed by atoms with Crippen LogP contribution in [-0.4, -0.2) is 23.2 Å². The maximum atomic E-state index is 11.9. The molecule has 7 heteroatoms. The van der Waals surface area contributed by atoms with Gasteiger partial charge in [0.05, 0.1) is 13.5 Å². The summed E-state index contributed by atoms with van der Waals surface area (Å²) in [5, 5.41) is 7.71. The molecule has 6 nitrogen and oxygen atoms in total. The Morgan fingerprint density at radius 1 is 1.30 bits per heavy atom. The molecule has 0 aliphatic rings. The smallest absolute Gasteiger partial charge is 0.310 e. The molecule has 3 rings (SSSR count). The van der Waals surface area contributed by atoms with E-state index in [4.69, 9.17) is 14.0 Å². The predicted molar refractivity (Wildman–Crippen MR) is 84.1 cm³/mol. The molecule has 1 aromatic carbocycles. The van der Waals surface area contributed by atoms with Crippen molar-refractivity contribution in [2.45, 2.75) is 13.0 Å². The Balaban J connectivity index is 1.57. The zero-order valence-corrected chi connectivity index (χ0v) is 13.2. The average Bonchev–Trinajstić information content (AvgIpc) is 3.24. The third kappa shape index (κ3) is 3.75. The van der Waals surface area contributed by atoms with Crippen LogP contribution in [0.5, 0.6) is 5.75 Å². The predicted octanol–water partition coefficient (Wildman–Crippen LogP) is 3.09. The Labute approximate surface area is 136 Å². The molecule has 0 fully saturated rings. The maximum Gasteiger partial charge on any atom is 0.310 e. The second kappa shape index (κ2) is 7.06. The van der Waals surface area contributed by atoms with Gasteiger partial charge in [-0.2, -0.15) is 16.3 Å². The number of hydrogen-bond donors (Lipinski definition) is 0. The van der Waals surface area contributed by atoms with E-state index in [-0.39, 0.29) is 24.9 Å².